The summed E-state index contributed by atoms with van der Waals surface area (Å²) in [6, 6.07) is 4.04. The predicted octanol–water partition coefficient (Wildman–Crippen LogP) is 1.75. The maximum Gasteiger partial charge on any atom is 0.333 e. The highest BCUT2D eigenvalue weighted by Crippen LogP contribution is 2.32. The molecule has 1 aromatic rings. The Morgan fingerprint density at radius 2 is 2.10 bits per heavy atom. The molecular formula is C11H15ClFNO5S. The lowest BCUT2D eigenvalue weighted by Gasteiger charge is -2.24. The van der Waals surface area contributed by atoms with E-state index < -0.39 is 28.3 Å². The van der Waals surface area contributed by atoms with Crippen LogP contribution >= 0.6 is 11.6 Å². The van der Waals surface area contributed by atoms with Gasteiger partial charge in [0.1, 0.15) is 24.8 Å². The first kappa shape index (κ1) is 17.3. The van der Waals surface area contributed by atoms with Crippen LogP contribution in [0.15, 0.2) is 18.2 Å². The fraction of sp³-hybridized carbons (Fsp3) is 0.455. The Morgan fingerprint density at radius 3 is 2.60 bits per heavy atom. The Bertz CT molecular complexity index is 533. The molecule has 0 aliphatic heterocycles. The van der Waals surface area contributed by atoms with Crippen molar-refractivity contribution in [3.05, 3.63) is 34.6 Å². The van der Waals surface area contributed by atoms with Gasteiger partial charge in [0.2, 0.25) is 0 Å². The normalized spacial score (nSPS) is 15.1. The monoisotopic (exact) mass is 327 g/mol. The van der Waals surface area contributed by atoms with E-state index in [0.717, 1.165) is 0 Å². The largest absolute Gasteiger partial charge is 0.359 e. The second kappa shape index (κ2) is 7.30. The van der Waals surface area contributed by atoms with Gasteiger partial charge in [0.25, 0.3) is 0 Å². The molecule has 0 radical (unpaired) electrons. The van der Waals surface area contributed by atoms with Crippen molar-refractivity contribution in [1.29, 1.82) is 0 Å². The molecule has 0 heterocycles. The van der Waals surface area contributed by atoms with Gasteiger partial charge in [-0.3, -0.25) is 4.18 Å². The molecule has 20 heavy (non-hydrogen) atoms. The lowest BCUT2D eigenvalue weighted by molar-refractivity contribution is -0.105. The van der Waals surface area contributed by atoms with Crippen LogP contribution in [0.4, 0.5) is 4.39 Å². The standard InChI is InChI=1S/C11H15ClFNO5S/c1-7(19-20(14,15)16)11(18-6-17-2)10-8(12)4-3-5-9(10)13/h3-5,7,11H,6H2,1-2H3,(H2,14,15,16)/t7-,11+/m0/s1. The average molecular weight is 328 g/mol. The molecule has 0 saturated heterocycles. The highest BCUT2D eigenvalue weighted by atomic mass is 35.5. The van der Waals surface area contributed by atoms with E-state index >= 15 is 0 Å². The summed E-state index contributed by atoms with van der Waals surface area (Å²) in [6.07, 6.45) is -2.18. The van der Waals surface area contributed by atoms with Crippen molar-refractivity contribution < 1.29 is 26.5 Å². The average Bonchev–Trinajstić information content (AvgIpc) is 2.30. The zero-order chi connectivity index (χ0) is 15.3. The van der Waals surface area contributed by atoms with Gasteiger partial charge in [-0.15, -0.1) is 0 Å². The Hall–Kier alpha value is -0.770. The van der Waals surface area contributed by atoms with Crippen LogP contribution in [-0.4, -0.2) is 28.4 Å². The zero-order valence-electron chi connectivity index (χ0n) is 10.9. The zero-order valence-corrected chi connectivity index (χ0v) is 12.4. The van der Waals surface area contributed by atoms with Crippen molar-refractivity contribution >= 4 is 21.9 Å². The van der Waals surface area contributed by atoms with Crippen LogP contribution in [0.5, 0.6) is 0 Å². The first-order chi connectivity index (χ1) is 9.26. The lowest BCUT2D eigenvalue weighted by atomic mass is 10.0. The summed E-state index contributed by atoms with van der Waals surface area (Å²) in [6.45, 7) is 1.17. The second-order valence-electron chi connectivity index (χ2n) is 3.92. The Kier molecular flexibility index (Phi) is 6.31. The smallest absolute Gasteiger partial charge is 0.333 e. The molecule has 1 aromatic carbocycles. The third-order valence-electron chi connectivity index (χ3n) is 2.36. The van der Waals surface area contributed by atoms with Gasteiger partial charge in [-0.25, -0.2) is 9.53 Å². The van der Waals surface area contributed by atoms with E-state index in [4.69, 9.17) is 26.2 Å². The van der Waals surface area contributed by atoms with Crippen LogP contribution in [0.25, 0.3) is 0 Å². The maximum absolute atomic E-state index is 13.9. The van der Waals surface area contributed by atoms with Gasteiger partial charge >= 0.3 is 10.3 Å². The molecule has 0 spiro atoms. The number of hydrogen-bond acceptors (Lipinski definition) is 5. The molecule has 0 unspecified atom stereocenters. The lowest BCUT2D eigenvalue weighted by Crippen LogP contribution is -2.29. The number of halogens is 2. The highest BCUT2D eigenvalue weighted by Gasteiger charge is 2.29. The second-order valence-corrected chi connectivity index (χ2v) is 5.51. The summed E-state index contributed by atoms with van der Waals surface area (Å²) in [7, 11) is -2.85. The number of hydrogen-bond donors (Lipinski definition) is 1. The van der Waals surface area contributed by atoms with Crippen molar-refractivity contribution in [2.45, 2.75) is 19.1 Å². The summed E-state index contributed by atoms with van der Waals surface area (Å²) in [5.41, 5.74) is -0.0256. The molecule has 2 atom stereocenters. The Morgan fingerprint density at radius 1 is 1.45 bits per heavy atom. The maximum atomic E-state index is 13.9. The third kappa shape index (κ3) is 4.97. The van der Waals surface area contributed by atoms with Gasteiger partial charge in [0.15, 0.2) is 0 Å². The summed E-state index contributed by atoms with van der Waals surface area (Å²) >= 11 is 5.92. The minimum absolute atomic E-state index is 0.0256. The van der Waals surface area contributed by atoms with E-state index in [2.05, 4.69) is 4.18 Å². The highest BCUT2D eigenvalue weighted by molar-refractivity contribution is 7.84. The molecule has 0 aliphatic rings. The van der Waals surface area contributed by atoms with E-state index in [-0.39, 0.29) is 17.4 Å². The van der Waals surface area contributed by atoms with Gasteiger partial charge in [-0.1, -0.05) is 17.7 Å². The van der Waals surface area contributed by atoms with Crippen LogP contribution in [-0.2, 0) is 24.0 Å². The van der Waals surface area contributed by atoms with E-state index in [0.29, 0.717) is 0 Å². The molecule has 1 rings (SSSR count). The molecule has 114 valence electrons. The molecule has 0 saturated carbocycles. The molecule has 6 nitrogen and oxygen atoms in total. The van der Waals surface area contributed by atoms with Crippen molar-refractivity contribution in [2.75, 3.05) is 13.9 Å². The molecule has 0 fully saturated rings. The summed E-state index contributed by atoms with van der Waals surface area (Å²) in [4.78, 5) is 0. The number of benzene rings is 1. The van der Waals surface area contributed by atoms with Gasteiger partial charge in [-0.2, -0.15) is 8.42 Å². The summed E-state index contributed by atoms with van der Waals surface area (Å²) in [5, 5.41) is 4.87. The SMILES string of the molecule is COCO[C@@H](c1c(F)cccc1Cl)[C@H](C)OS(N)(=O)=O. The van der Waals surface area contributed by atoms with Gasteiger partial charge in [0.05, 0.1) is 0 Å². The first-order valence-electron chi connectivity index (χ1n) is 5.51. The Balaban J connectivity index is 3.11. The van der Waals surface area contributed by atoms with E-state index in [1.807, 2.05) is 0 Å². The third-order valence-corrected chi connectivity index (χ3v) is 3.26. The number of methoxy groups -OCH3 is 1. The number of ether oxygens (including phenoxy) is 2. The molecule has 0 aliphatic carbocycles. The minimum atomic E-state index is -4.21. The fourth-order valence-electron chi connectivity index (χ4n) is 1.64. The topological polar surface area (TPSA) is 87.8 Å². The van der Waals surface area contributed by atoms with Crippen molar-refractivity contribution in [1.82, 2.24) is 0 Å². The molecule has 0 aromatic heterocycles. The van der Waals surface area contributed by atoms with Crippen molar-refractivity contribution in [3.63, 3.8) is 0 Å². The molecule has 9 heteroatoms. The van der Waals surface area contributed by atoms with Gasteiger partial charge in [-0.05, 0) is 19.1 Å². The van der Waals surface area contributed by atoms with Crippen molar-refractivity contribution in [2.24, 2.45) is 5.14 Å². The first-order valence-corrected chi connectivity index (χ1v) is 7.36. The van der Waals surface area contributed by atoms with Crippen LogP contribution in [0, 0.1) is 5.82 Å². The predicted molar refractivity (Wildman–Crippen MR) is 70.8 cm³/mol. The minimum Gasteiger partial charge on any atom is -0.359 e. The molecule has 2 N–H and O–H groups in total. The van der Waals surface area contributed by atoms with Crippen LogP contribution in [0.2, 0.25) is 5.02 Å². The number of nitrogens with two attached hydrogens (primary N) is 1. The fourth-order valence-corrected chi connectivity index (χ4v) is 2.43. The van der Waals surface area contributed by atoms with Crippen molar-refractivity contribution in [3.8, 4) is 0 Å². The van der Waals surface area contributed by atoms with Gasteiger partial charge in [0, 0.05) is 17.7 Å². The van der Waals surface area contributed by atoms with Crippen LogP contribution in [0.3, 0.4) is 0 Å². The Labute approximate surface area is 121 Å². The number of rotatable bonds is 7. The van der Waals surface area contributed by atoms with E-state index in [1.165, 1.54) is 32.2 Å². The van der Waals surface area contributed by atoms with Gasteiger partial charge < -0.3 is 9.47 Å². The van der Waals surface area contributed by atoms with Crippen LogP contribution < -0.4 is 5.14 Å². The molecule has 0 bridgehead atoms. The molecular weight excluding hydrogens is 313 g/mol. The summed E-state index contributed by atoms with van der Waals surface area (Å²) < 4.78 is 50.4. The quantitative estimate of drug-likeness (QED) is 0.771. The van der Waals surface area contributed by atoms with Crippen LogP contribution in [0.1, 0.15) is 18.6 Å². The summed E-state index contributed by atoms with van der Waals surface area (Å²) in [5.74, 6) is -0.650. The van der Waals surface area contributed by atoms with E-state index in [1.54, 1.807) is 0 Å². The van der Waals surface area contributed by atoms with E-state index in [9.17, 15) is 12.8 Å². The molecule has 0 amide bonds.